The van der Waals surface area contributed by atoms with Crippen molar-refractivity contribution in [1.82, 2.24) is 59.8 Å². The standard InChI is InChI=1S/C73H104N18O22/c92-59(76-22-10-8-13-54(68(109)110)78-72(113)79-55(69(111)112)20-21-60(93)94)15-7-5-3-1-2-4-6-11-25-83-29-31-85(32-30-83)71-81-56(80-70(82-71)77-53(67(107)108)14-9-12-26-84(41-57-74-23-27-86(57)43-61(95)96)42-58-75-24-28-87(58)44-62(97)98)40-51-18-16-50(17-19-51)39-52-45-90(48-65(103)104)36-35-88(46-63(99)100)33-34-89(47-64(101)102)37-38-91(52,49-66(105)106)73(88,89)90/h16-19,23-24,27-28,52-55H,1-15,20-22,25-26,29-49H2,(H10-4,76,77,78,79,80,81,82,92,93,94,95,96,97,98,99,100,101,102,103,104,105,106,107,108,109,110,111,112,113)/p+4/t52?,53-,54+,55+,73?,88?,89+,90-,91-/m1/s1. The van der Waals surface area contributed by atoms with Gasteiger partial charge in [0, 0.05) is 83.2 Å². The molecule has 618 valence electrons. The lowest BCUT2D eigenvalue weighted by molar-refractivity contribution is -1.36. The van der Waals surface area contributed by atoms with E-state index in [2.05, 4.69) is 36.1 Å². The third kappa shape index (κ3) is 21.8. The Hall–Kier alpha value is -10.5. The highest BCUT2D eigenvalue weighted by atomic mass is 16.4. The molecule has 0 radical (unpaired) electrons. The summed E-state index contributed by atoms with van der Waals surface area (Å²) in [6, 6.07) is 1.95. The number of benzene rings is 1. The van der Waals surface area contributed by atoms with Crippen molar-refractivity contribution in [3.05, 3.63) is 77.7 Å². The molecule has 14 N–H and O–H groups in total. The Kier molecular flexibility index (Phi) is 30.0. The lowest BCUT2D eigenvalue weighted by atomic mass is 10.0. The number of nitrogens with zero attached hydrogens (tertiary/aromatic N) is 14. The quantitative estimate of drug-likeness (QED) is 0.0216. The molecule has 3 amide bonds. The number of anilines is 2. The summed E-state index contributed by atoms with van der Waals surface area (Å²) >= 11 is 0. The molecule has 9 rings (SSSR count). The van der Waals surface area contributed by atoms with Gasteiger partial charge in [-0.1, -0.05) is 62.8 Å². The number of aliphatic carboxylic acids is 10. The van der Waals surface area contributed by atoms with Gasteiger partial charge in [0.25, 0.3) is 0 Å². The van der Waals surface area contributed by atoms with E-state index in [4.69, 9.17) is 20.1 Å². The lowest BCUT2D eigenvalue weighted by Gasteiger charge is -2.50. The number of urea groups is 1. The van der Waals surface area contributed by atoms with Crippen LogP contribution in [0.3, 0.4) is 0 Å². The van der Waals surface area contributed by atoms with Gasteiger partial charge in [-0.3, -0.25) is 29.0 Å². The Labute approximate surface area is 651 Å². The Balaban J connectivity index is 0.806. The monoisotopic (exact) mass is 1590 g/mol. The molecule has 3 unspecified atom stereocenters. The van der Waals surface area contributed by atoms with Gasteiger partial charge in [-0.2, -0.15) is 15.0 Å². The van der Waals surface area contributed by atoms with E-state index < -0.39 is 128 Å². The van der Waals surface area contributed by atoms with E-state index >= 15 is 0 Å². The van der Waals surface area contributed by atoms with Crippen molar-refractivity contribution in [1.29, 1.82) is 0 Å². The number of rotatable bonds is 52. The predicted octanol–water partition coefficient (Wildman–Crippen LogP) is 0.935. The van der Waals surface area contributed by atoms with Crippen LogP contribution in [0, 0.1) is 0 Å². The van der Waals surface area contributed by atoms with Crippen molar-refractivity contribution >= 4 is 83.5 Å². The Bertz CT molecular complexity index is 3960. The number of amides is 3. The number of carboxylic acids is 10. The van der Waals surface area contributed by atoms with E-state index in [9.17, 15) is 103 Å². The molecule has 5 aliphatic rings. The summed E-state index contributed by atoms with van der Waals surface area (Å²) in [6.45, 7) is 3.60. The summed E-state index contributed by atoms with van der Waals surface area (Å²) in [5.74, 6) is -11.9. The van der Waals surface area contributed by atoms with Gasteiger partial charge in [0.15, 0.2) is 32.2 Å². The Morgan fingerprint density at radius 1 is 0.504 bits per heavy atom. The van der Waals surface area contributed by atoms with E-state index in [0.717, 1.165) is 62.6 Å². The number of piperazine rings is 1. The first-order valence-electron chi connectivity index (χ1n) is 38.7. The number of hydrogen-bond donors (Lipinski definition) is 14. The van der Waals surface area contributed by atoms with Crippen LogP contribution in [0.15, 0.2) is 49.1 Å². The molecule has 40 heteroatoms. The molecule has 113 heavy (non-hydrogen) atoms. The van der Waals surface area contributed by atoms with Gasteiger partial charge in [-0.15, -0.1) is 17.9 Å². The molecule has 5 saturated heterocycles. The SMILES string of the molecule is O=C(O)CC[C@H](NC(=O)N[C@@H](CCCCNC(=O)CCCCCCCCCCN1CCN(c2nc(Cc3ccc(CC4C[N@@+]5(CC(=O)O)CC[N+]6(CC(=O)O)CC[N@@+]7(CC(=O)O)CC[N@+]4(CC(=O)O)C675)cc3)nc(N[C@H](CCCCN(Cc3nccn3CC(=O)O)Cc3nccn3CC(=O)O)C(=O)O)n2)CC1)C(=O)O)C(=O)O. The third-order valence-electron chi connectivity index (χ3n) is 23.0. The highest BCUT2D eigenvalue weighted by molar-refractivity contribution is 5.86. The van der Waals surface area contributed by atoms with Crippen molar-refractivity contribution in [2.45, 2.75) is 178 Å². The highest BCUT2D eigenvalue weighted by Gasteiger charge is 3.01. The lowest BCUT2D eigenvalue weighted by Crippen LogP contribution is -2.86. The van der Waals surface area contributed by atoms with E-state index in [-0.39, 0.29) is 134 Å². The molecular weight excluding hydrogens is 1480 g/mol. The average molecular weight is 1590 g/mol. The van der Waals surface area contributed by atoms with E-state index in [1.165, 1.54) is 21.5 Å². The number of carboxylic acid groups (broad SMARTS) is 10. The Morgan fingerprint density at radius 3 is 1.56 bits per heavy atom. The van der Waals surface area contributed by atoms with E-state index in [0.29, 0.717) is 101 Å². The third-order valence-corrected chi connectivity index (χ3v) is 23.0. The zero-order valence-electron chi connectivity index (χ0n) is 63.6. The van der Waals surface area contributed by atoms with Gasteiger partial charge < -0.3 is 86.4 Å². The van der Waals surface area contributed by atoms with Crippen LogP contribution in [0.1, 0.15) is 138 Å². The molecule has 40 nitrogen and oxygen atoms in total. The number of unbranched alkanes of at least 4 members (excludes halogenated alkanes) is 9. The molecule has 8 heterocycles. The largest absolute Gasteiger partial charge is 0.483 e. The number of hydrogen-bond acceptors (Lipinski definition) is 21. The molecule has 0 saturated carbocycles. The van der Waals surface area contributed by atoms with Crippen LogP contribution in [-0.2, 0) is 91.8 Å². The molecule has 0 aliphatic carbocycles. The fourth-order valence-electron chi connectivity index (χ4n) is 18.4. The zero-order chi connectivity index (χ0) is 81.7. The number of imidazole rings is 2. The topological polar surface area (TPSA) is 539 Å². The number of aromatic nitrogens is 7. The smallest absolute Gasteiger partial charge is 0.481 e. The van der Waals surface area contributed by atoms with Crippen LogP contribution in [0.25, 0.3) is 0 Å². The zero-order valence-corrected chi connectivity index (χ0v) is 63.6. The van der Waals surface area contributed by atoms with Crippen molar-refractivity contribution in [2.75, 3.05) is 128 Å². The van der Waals surface area contributed by atoms with Crippen LogP contribution >= 0.6 is 0 Å². The normalized spacial score (nSPS) is 22.4. The van der Waals surface area contributed by atoms with Gasteiger partial charge in [0.05, 0.1) is 13.1 Å². The second-order valence-corrected chi connectivity index (χ2v) is 30.6. The molecule has 3 aromatic heterocycles. The van der Waals surface area contributed by atoms with Gasteiger partial charge >= 0.3 is 71.6 Å². The van der Waals surface area contributed by atoms with E-state index in [1.807, 2.05) is 34.1 Å². The molecule has 5 aliphatic heterocycles. The van der Waals surface area contributed by atoms with Crippen LogP contribution in [0.4, 0.5) is 16.7 Å². The minimum absolute atomic E-state index is 0.0167. The van der Waals surface area contributed by atoms with Crippen LogP contribution in [-0.4, -0.2) is 332 Å². The molecule has 1 spiro atoms. The molecule has 9 atom stereocenters. The van der Waals surface area contributed by atoms with Crippen molar-refractivity contribution in [3.8, 4) is 0 Å². The van der Waals surface area contributed by atoms with Gasteiger partial charge in [-0.05, 0) is 82.0 Å². The van der Waals surface area contributed by atoms with E-state index in [1.54, 1.807) is 12.4 Å². The first-order valence-corrected chi connectivity index (χ1v) is 38.7. The van der Waals surface area contributed by atoms with Gasteiger partial charge in [0.1, 0.15) is 94.5 Å². The van der Waals surface area contributed by atoms with Gasteiger partial charge in [0.2, 0.25) is 17.8 Å². The fraction of sp³-hybridized carbons (Fsp3) is 0.630. The molecule has 4 aromatic rings. The average Bonchev–Trinajstić information content (AvgIpc) is 1.44. The number of quaternary nitrogens is 4. The van der Waals surface area contributed by atoms with Gasteiger partial charge in [-0.25, -0.2) is 48.3 Å². The maximum Gasteiger partial charge on any atom is 0.483 e. The molecule has 0 bridgehead atoms. The molecular formula is C73H108N18O22+4. The minimum Gasteiger partial charge on any atom is -0.481 e. The number of carbonyl (C=O) groups is 12. The molecule has 1 aromatic carbocycles. The predicted molar refractivity (Wildman–Crippen MR) is 396 cm³/mol. The first-order chi connectivity index (χ1) is 53.9. The summed E-state index contributed by atoms with van der Waals surface area (Å²) < 4.78 is 2.44. The highest BCUT2D eigenvalue weighted by Crippen LogP contribution is 2.64. The summed E-state index contributed by atoms with van der Waals surface area (Å²) in [6.07, 6.45) is 15.4. The Morgan fingerprint density at radius 2 is 1.01 bits per heavy atom. The van der Waals surface area contributed by atoms with Crippen LogP contribution < -0.4 is 26.2 Å². The second kappa shape index (κ2) is 39.3. The first kappa shape index (κ1) is 86.4. The van der Waals surface area contributed by atoms with Crippen molar-refractivity contribution in [3.63, 3.8) is 0 Å². The summed E-state index contributed by atoms with van der Waals surface area (Å²) in [5.41, 5.74) is 1.55. The summed E-state index contributed by atoms with van der Waals surface area (Å²) in [7, 11) is 0. The second-order valence-electron chi connectivity index (χ2n) is 30.6. The maximum absolute atomic E-state index is 13.3. The minimum atomic E-state index is -1.52. The van der Waals surface area contributed by atoms with Crippen LogP contribution in [0.2, 0.25) is 0 Å². The summed E-state index contributed by atoms with van der Waals surface area (Å²) in [4.78, 5) is 177. The van der Waals surface area contributed by atoms with Crippen molar-refractivity contribution in [2.24, 2.45) is 0 Å². The van der Waals surface area contributed by atoms with Crippen LogP contribution in [0.5, 0.6) is 0 Å². The molecule has 5 fully saturated rings. The van der Waals surface area contributed by atoms with Crippen molar-refractivity contribution < 1.29 is 127 Å². The maximum atomic E-state index is 13.3. The fourth-order valence-corrected chi connectivity index (χ4v) is 18.4. The number of nitrogens with one attached hydrogen (secondary N) is 4. The number of carbonyl (C=O) groups excluding carboxylic acids is 2. The summed E-state index contributed by atoms with van der Waals surface area (Å²) in [5, 5.41) is 110.